The van der Waals surface area contributed by atoms with Crippen molar-refractivity contribution in [3.63, 3.8) is 0 Å². The molecule has 40 heteroatoms. The van der Waals surface area contributed by atoms with Crippen molar-refractivity contribution in [2.75, 3.05) is 146 Å². The number of pyridine rings is 4. The first-order valence-corrected chi connectivity index (χ1v) is 46.1. The number of aromatic carboxylic acids is 1. The van der Waals surface area contributed by atoms with Crippen LogP contribution in [0.2, 0.25) is 0 Å². The number of piperidine rings is 3. The van der Waals surface area contributed by atoms with Crippen LogP contribution in [0.5, 0.6) is 17.6 Å². The molecule has 2 amide bonds. The summed E-state index contributed by atoms with van der Waals surface area (Å²) in [5, 5.41) is 82.3. The maximum Gasteiger partial charge on any atom is 0.337 e. The number of anilines is 8. The van der Waals surface area contributed by atoms with Gasteiger partial charge < -0.3 is 101 Å². The van der Waals surface area contributed by atoms with Gasteiger partial charge in [-0.25, -0.2) is 36.5 Å². The summed E-state index contributed by atoms with van der Waals surface area (Å²) in [6.45, 7) is 19.7. The second-order valence-corrected chi connectivity index (χ2v) is 39.3. The molecule has 3 aromatic carbocycles. The molecule has 6 fully saturated rings. The Kier molecular flexibility index (Phi) is 40.1. The summed E-state index contributed by atoms with van der Waals surface area (Å²) in [7, 11) is -6.32. The zero-order valence-electron chi connectivity index (χ0n) is 73.3. The number of benzene rings is 3. The predicted octanol–water partition coefficient (Wildman–Crippen LogP) is 10.1. The number of aromatic nitrogens is 4. The number of nitrogens with two attached hydrogens (primary N) is 3. The molecule has 6 aliphatic rings. The Bertz CT molecular complexity index is 4960. The molecule has 0 atom stereocenters. The molecule has 3 saturated carbocycles. The summed E-state index contributed by atoms with van der Waals surface area (Å²) in [6, 6.07) is 35.6. The lowest BCUT2D eigenvalue weighted by Gasteiger charge is -2.35. The number of sulfonamides is 2. The number of aliphatic hydroxyl groups is 7. The highest BCUT2D eigenvalue weighted by atomic mass is 79.9. The number of aliphatic hydroxyl groups excluding tert-OH is 3. The van der Waals surface area contributed by atoms with Gasteiger partial charge in [-0.2, -0.15) is 19.3 Å². The minimum absolute atomic E-state index is 0.0473. The first-order valence-electron chi connectivity index (χ1n) is 41.1. The molecule has 0 radical (unpaired) electrons. The van der Waals surface area contributed by atoms with E-state index in [1.54, 1.807) is 141 Å². The van der Waals surface area contributed by atoms with Crippen molar-refractivity contribution in [1.82, 2.24) is 19.9 Å². The van der Waals surface area contributed by atoms with Gasteiger partial charge in [0.15, 0.2) is 5.75 Å². The number of amides is 2. The molecule has 700 valence electrons. The van der Waals surface area contributed by atoms with Crippen LogP contribution < -0.4 is 60.9 Å². The van der Waals surface area contributed by atoms with Crippen LogP contribution in [-0.4, -0.2) is 234 Å². The van der Waals surface area contributed by atoms with Crippen molar-refractivity contribution in [3.8, 4) is 17.6 Å². The van der Waals surface area contributed by atoms with Crippen LogP contribution in [0.25, 0.3) is 0 Å². The van der Waals surface area contributed by atoms with E-state index in [0.717, 1.165) is 79.5 Å². The number of nitrogens with zero attached hydrogens (tertiary/aromatic N) is 7. The minimum Gasteiger partial charge on any atom is -0.478 e. The Morgan fingerprint density at radius 3 is 1.17 bits per heavy atom. The Hall–Kier alpha value is -9.72. The van der Waals surface area contributed by atoms with E-state index in [1.807, 2.05) is 24.3 Å². The number of esters is 2. The molecule has 3 saturated heterocycles. The van der Waals surface area contributed by atoms with E-state index in [1.165, 1.54) is 88.5 Å². The van der Waals surface area contributed by atoms with Crippen LogP contribution in [0, 0.1) is 22.2 Å². The van der Waals surface area contributed by atoms with Gasteiger partial charge >= 0.3 is 17.9 Å². The van der Waals surface area contributed by atoms with Gasteiger partial charge in [-0.3, -0.25) is 19.1 Å². The number of nitrogens with one attached hydrogen (secondary N) is 3. The molecule has 7 heterocycles. The standard InChI is InChI=1S/C25H34N4O6S.C23H28BrN3O3.C14H16BrNO2.C9H14N2O2.C5H5FN2.C4H8O3.C4H10O2.C3H7NO4S/c1-24(2,32)17-35-22-5-3-4-21(26-22)27-23(31)19-7-6-18(28-36(33,34)15-14-30)16-20(19)29-12-10-25(8-9-25)11-13-29;1-22(2,29)15-30-20-5-3-4-19(25-20)26-21(28)17-7-6-16(24)14-18(17)27-12-10-23(8-9-23)11-13-27;15-10-1-2-11(13(17)18)12(9-10)16-7-5-14(3-4-14)6-8-16;1-9(2,12)6-13-8-5-3-4-7(10)11-8;6-4-2-1-3-5(7)8-4;1-2-7-4(6)3-5;1-4(2,6)3-5;1-8-3(5)2-9(4,6)7/h3-7,16,28,30,32H,8-15,17H2,1-2H3,(H,26,27,31);3-7,14,29H,8-13,15H2,1-2H3,(H,25,26,28);1-2,9H,3-8H2,(H,17,18);3-5,12H,6H2,1-2H3,(H2,10,11);1-3H,(H2,7,8);5H,2-3H2,1H3;5-6H,3H2,1-2H3;2H2,1H3,(H2,4,6,7). The smallest absolute Gasteiger partial charge is 0.337 e. The second-order valence-electron chi connectivity index (χ2n) is 34.0. The van der Waals surface area contributed by atoms with Gasteiger partial charge in [0.1, 0.15) is 49.7 Å². The van der Waals surface area contributed by atoms with Gasteiger partial charge in [0.05, 0.1) is 94.5 Å². The van der Waals surface area contributed by atoms with Crippen molar-refractivity contribution in [2.45, 2.75) is 162 Å². The van der Waals surface area contributed by atoms with Gasteiger partial charge in [-0.15, -0.1) is 0 Å². The SMILES string of the molecule is CC(C)(O)CO.CC(C)(O)COc1cccc(N)n1.CC(C)(O)COc1cccc(NC(=O)c2ccc(Br)cc2N2CCC3(CC2)CC3)n1.CC(C)(O)COc1cccc(NC(=O)c2ccc(NS(=O)(=O)CCO)cc2N2CCC3(CC2)CC3)n1.CCOC(=O)CO.COC(=O)CS(N)(=O)=O.Nc1cccc(F)n1.O=C(O)c1ccc(Br)cc1N1CCC2(CC1)CC2. The third-order valence-electron chi connectivity index (χ3n) is 20.1. The largest absolute Gasteiger partial charge is 0.478 e. The summed E-state index contributed by atoms with van der Waals surface area (Å²) in [6.07, 6.45) is 14.8. The van der Waals surface area contributed by atoms with Crippen molar-refractivity contribution in [3.05, 3.63) is 159 Å². The maximum absolute atomic E-state index is 13.3. The van der Waals surface area contributed by atoms with Crippen molar-refractivity contribution in [2.24, 2.45) is 21.4 Å². The van der Waals surface area contributed by atoms with Crippen molar-refractivity contribution < 1.29 is 110 Å². The molecule has 0 bridgehead atoms. The summed E-state index contributed by atoms with van der Waals surface area (Å²) < 4.78 is 85.5. The van der Waals surface area contributed by atoms with Gasteiger partial charge in [-0.05, 0) is 241 Å². The zero-order valence-corrected chi connectivity index (χ0v) is 78.1. The molecule has 3 aliphatic heterocycles. The first-order chi connectivity index (χ1) is 59.4. The van der Waals surface area contributed by atoms with E-state index >= 15 is 0 Å². The topological polar surface area (TPSA) is 537 Å². The molecule has 127 heavy (non-hydrogen) atoms. The minimum atomic E-state index is -3.71. The normalized spacial score (nSPS) is 15.5. The summed E-state index contributed by atoms with van der Waals surface area (Å²) in [5.41, 5.74) is 12.7. The van der Waals surface area contributed by atoms with Crippen LogP contribution >= 0.6 is 31.9 Å². The molecule has 13 rings (SSSR count). The quantitative estimate of drug-likeness (QED) is 0.0177. The highest BCUT2D eigenvalue weighted by Gasteiger charge is 2.47. The van der Waals surface area contributed by atoms with Gasteiger partial charge in [0, 0.05) is 66.4 Å². The first kappa shape index (κ1) is 106. The molecule has 3 aliphatic carbocycles. The Balaban J connectivity index is 0.000000244. The highest BCUT2D eigenvalue weighted by molar-refractivity contribution is 9.10. The average Bonchev–Trinajstić information content (AvgIpc) is 1.52. The Labute approximate surface area is 758 Å². The number of carbonyl (C=O) groups excluding carboxylic acids is 4. The number of rotatable bonds is 26. The zero-order chi connectivity index (χ0) is 94.4. The lowest BCUT2D eigenvalue weighted by atomic mass is 9.93. The van der Waals surface area contributed by atoms with Crippen LogP contribution in [0.3, 0.4) is 0 Å². The number of carboxylic acids is 1. The number of hydrogen-bond acceptors (Lipinski definition) is 30. The predicted molar refractivity (Wildman–Crippen MR) is 490 cm³/mol. The summed E-state index contributed by atoms with van der Waals surface area (Å²) in [5.74, 6) is -2.15. The molecule has 3 spiro atoms. The van der Waals surface area contributed by atoms with Crippen LogP contribution in [0.15, 0.2) is 136 Å². The van der Waals surface area contributed by atoms with E-state index < -0.39 is 91.0 Å². The lowest BCUT2D eigenvalue weighted by molar-refractivity contribution is -0.146. The van der Waals surface area contributed by atoms with E-state index in [2.05, 4.69) is 96.5 Å². The number of primary sulfonamides is 1. The number of carboxylic acid groups (broad SMARTS) is 1. The lowest BCUT2D eigenvalue weighted by Crippen LogP contribution is -2.35. The Morgan fingerprint density at radius 1 is 0.504 bits per heavy atom. The fourth-order valence-corrected chi connectivity index (χ4v) is 14.6. The molecule has 35 nitrogen and oxygen atoms in total. The van der Waals surface area contributed by atoms with E-state index in [4.69, 9.17) is 46.1 Å². The highest BCUT2D eigenvalue weighted by Crippen LogP contribution is 2.56. The van der Waals surface area contributed by atoms with Gasteiger partial charge in [0.2, 0.25) is 43.6 Å². The van der Waals surface area contributed by atoms with E-state index in [0.29, 0.717) is 80.1 Å². The van der Waals surface area contributed by atoms with Crippen molar-refractivity contribution in [1.29, 1.82) is 0 Å². The summed E-state index contributed by atoms with van der Waals surface area (Å²) in [4.78, 5) is 80.3. The number of methoxy groups -OCH3 is 1. The number of carbonyl (C=O) groups is 5. The van der Waals surface area contributed by atoms with E-state index in [-0.39, 0.29) is 49.9 Å². The third kappa shape index (κ3) is 40.2. The number of nitrogen functional groups attached to an aromatic ring is 2. The molecule has 17 N–H and O–H groups in total. The Morgan fingerprint density at radius 2 is 0.866 bits per heavy atom. The molecule has 4 aromatic heterocycles. The number of halogens is 3. The van der Waals surface area contributed by atoms with Crippen LogP contribution in [0.4, 0.5) is 50.4 Å². The van der Waals surface area contributed by atoms with E-state index in [9.17, 15) is 65.6 Å². The summed E-state index contributed by atoms with van der Waals surface area (Å²) >= 11 is 6.98. The fourth-order valence-electron chi connectivity index (χ4n) is 12.6. The average molecular weight is 1940 g/mol. The fraction of sp³-hybridized carbons (Fsp3) is 0.506. The van der Waals surface area contributed by atoms with Crippen LogP contribution in [0.1, 0.15) is 170 Å². The number of hydrogen-bond donors (Lipinski definition) is 14. The molecular weight excluding hydrogens is 1820 g/mol. The van der Waals surface area contributed by atoms with Gasteiger partial charge in [0.25, 0.3) is 11.8 Å². The van der Waals surface area contributed by atoms with Crippen LogP contribution in [-0.2, 0) is 39.1 Å². The molecular formula is C87H122Br2FN13O22S2. The van der Waals surface area contributed by atoms with Gasteiger partial charge in [-0.1, -0.05) is 56.1 Å². The monoisotopic (exact) mass is 1940 g/mol. The third-order valence-corrected chi connectivity index (χ3v) is 23.0. The number of ether oxygens (including phenoxy) is 5. The van der Waals surface area contributed by atoms with Crippen molar-refractivity contribution >= 4 is 128 Å². The second kappa shape index (κ2) is 48.1. The molecule has 7 aromatic rings. The molecule has 0 unspecified atom stereocenters. The maximum atomic E-state index is 13.3.